The molecule has 6 heteroatoms. The molecule has 4 heterocycles. The standard InChI is InChI=1S/C19H23N5O/c1-12-7-14(3)24-19(22-12)15(10-20-24)11-23-6-4-5-18(23)17-9-16(25)8-13(2)21-17/h7-10,18H,4-6,11H2,1-3H3,(H,21,25). The summed E-state index contributed by atoms with van der Waals surface area (Å²) in [6, 6.07) is 5.66. The topological polar surface area (TPSA) is 66.3 Å². The van der Waals surface area contributed by atoms with Crippen LogP contribution in [0.2, 0.25) is 0 Å². The van der Waals surface area contributed by atoms with Crippen molar-refractivity contribution in [2.75, 3.05) is 6.54 Å². The second kappa shape index (κ2) is 6.11. The quantitative estimate of drug-likeness (QED) is 0.798. The summed E-state index contributed by atoms with van der Waals surface area (Å²) >= 11 is 0. The van der Waals surface area contributed by atoms with E-state index in [4.69, 9.17) is 0 Å². The van der Waals surface area contributed by atoms with Crippen LogP contribution in [0.5, 0.6) is 0 Å². The van der Waals surface area contributed by atoms with Crippen molar-refractivity contribution in [3.8, 4) is 0 Å². The van der Waals surface area contributed by atoms with Crippen LogP contribution in [0.4, 0.5) is 0 Å². The molecule has 25 heavy (non-hydrogen) atoms. The summed E-state index contributed by atoms with van der Waals surface area (Å²) in [5.74, 6) is 0. The van der Waals surface area contributed by atoms with Crippen molar-refractivity contribution >= 4 is 5.65 Å². The third-order valence-electron chi connectivity index (χ3n) is 4.95. The molecule has 0 amide bonds. The molecule has 4 rings (SSSR count). The number of rotatable bonds is 3. The Morgan fingerprint density at radius 3 is 2.88 bits per heavy atom. The summed E-state index contributed by atoms with van der Waals surface area (Å²) < 4.78 is 1.90. The number of hydrogen-bond donors (Lipinski definition) is 1. The Morgan fingerprint density at radius 1 is 1.24 bits per heavy atom. The molecule has 0 radical (unpaired) electrons. The molecule has 0 aromatic carbocycles. The fourth-order valence-corrected chi connectivity index (χ4v) is 3.90. The van der Waals surface area contributed by atoms with Gasteiger partial charge in [0.2, 0.25) is 0 Å². The molecule has 1 N–H and O–H groups in total. The minimum atomic E-state index is 0.0713. The van der Waals surface area contributed by atoms with E-state index in [9.17, 15) is 4.79 Å². The lowest BCUT2D eigenvalue weighted by Crippen LogP contribution is -2.24. The van der Waals surface area contributed by atoms with Crippen molar-refractivity contribution < 1.29 is 0 Å². The molecule has 1 fully saturated rings. The number of likely N-dealkylation sites (tertiary alicyclic amines) is 1. The van der Waals surface area contributed by atoms with E-state index in [1.54, 1.807) is 12.1 Å². The molecule has 0 saturated carbocycles. The van der Waals surface area contributed by atoms with Crippen LogP contribution in [0.25, 0.3) is 5.65 Å². The molecule has 1 aliphatic heterocycles. The number of pyridine rings is 1. The smallest absolute Gasteiger partial charge is 0.182 e. The van der Waals surface area contributed by atoms with E-state index < -0.39 is 0 Å². The summed E-state index contributed by atoms with van der Waals surface area (Å²) in [4.78, 5) is 22.4. The van der Waals surface area contributed by atoms with Gasteiger partial charge in [0.15, 0.2) is 11.1 Å². The van der Waals surface area contributed by atoms with Gasteiger partial charge < -0.3 is 4.98 Å². The van der Waals surface area contributed by atoms with Gasteiger partial charge in [-0.2, -0.15) is 5.10 Å². The van der Waals surface area contributed by atoms with Crippen LogP contribution < -0.4 is 5.43 Å². The first kappa shape index (κ1) is 16.0. The molecule has 0 aliphatic carbocycles. The number of hydrogen-bond acceptors (Lipinski definition) is 4. The third-order valence-corrected chi connectivity index (χ3v) is 4.95. The second-order valence-corrected chi connectivity index (χ2v) is 7.03. The first-order valence-electron chi connectivity index (χ1n) is 8.77. The summed E-state index contributed by atoms with van der Waals surface area (Å²) in [7, 11) is 0. The molecular weight excluding hydrogens is 314 g/mol. The van der Waals surface area contributed by atoms with E-state index in [-0.39, 0.29) is 11.5 Å². The minimum absolute atomic E-state index is 0.0713. The Balaban J connectivity index is 1.67. The Morgan fingerprint density at radius 2 is 2.08 bits per heavy atom. The SMILES string of the molecule is Cc1cc(C)n2ncc(CN3CCCC3c3cc(=O)cc(C)[nH]3)c2n1. The zero-order chi connectivity index (χ0) is 17.6. The average Bonchev–Trinajstić information content (AvgIpc) is 3.14. The second-order valence-electron chi connectivity index (χ2n) is 7.03. The van der Waals surface area contributed by atoms with Crippen molar-refractivity contribution in [2.24, 2.45) is 0 Å². The lowest BCUT2D eigenvalue weighted by molar-refractivity contribution is 0.245. The molecule has 1 unspecified atom stereocenters. The van der Waals surface area contributed by atoms with Crippen molar-refractivity contribution in [3.63, 3.8) is 0 Å². The van der Waals surface area contributed by atoms with Gasteiger partial charge in [0.1, 0.15) is 0 Å². The molecule has 130 valence electrons. The molecular formula is C19H23N5O. The van der Waals surface area contributed by atoms with E-state index >= 15 is 0 Å². The fraction of sp³-hybridized carbons (Fsp3) is 0.421. The Hall–Kier alpha value is -2.47. The maximum absolute atomic E-state index is 11.9. The number of H-pyrrole nitrogens is 1. The van der Waals surface area contributed by atoms with Crippen LogP contribution in [-0.2, 0) is 6.54 Å². The van der Waals surface area contributed by atoms with Gasteiger partial charge in [-0.05, 0) is 46.2 Å². The first-order chi connectivity index (χ1) is 12.0. The van der Waals surface area contributed by atoms with E-state index in [1.165, 1.54) is 0 Å². The van der Waals surface area contributed by atoms with Crippen LogP contribution >= 0.6 is 0 Å². The predicted molar refractivity (Wildman–Crippen MR) is 96.6 cm³/mol. The molecule has 3 aromatic rings. The molecule has 1 atom stereocenters. The van der Waals surface area contributed by atoms with Crippen molar-refractivity contribution in [3.05, 3.63) is 63.0 Å². The average molecular weight is 337 g/mol. The Bertz CT molecular complexity index is 987. The summed E-state index contributed by atoms with van der Waals surface area (Å²) in [5, 5.41) is 4.50. The Kier molecular flexibility index (Phi) is 3.92. The van der Waals surface area contributed by atoms with Gasteiger partial charge in [0.05, 0.1) is 12.2 Å². The number of nitrogens with zero attached hydrogens (tertiary/aromatic N) is 4. The van der Waals surface area contributed by atoms with Gasteiger partial charge in [0.25, 0.3) is 0 Å². The fourth-order valence-electron chi connectivity index (χ4n) is 3.90. The predicted octanol–water partition coefficient (Wildman–Crippen LogP) is 2.68. The number of aromatic nitrogens is 4. The van der Waals surface area contributed by atoms with E-state index in [2.05, 4.69) is 26.9 Å². The summed E-state index contributed by atoms with van der Waals surface area (Å²) in [5.41, 5.74) is 6.16. The number of aromatic amines is 1. The number of fused-ring (bicyclic) bond motifs is 1. The van der Waals surface area contributed by atoms with Gasteiger partial charge >= 0.3 is 0 Å². The highest BCUT2D eigenvalue weighted by Crippen LogP contribution is 2.32. The third kappa shape index (κ3) is 2.98. The number of nitrogens with one attached hydrogen (secondary N) is 1. The summed E-state index contributed by atoms with van der Waals surface area (Å²) in [6.07, 6.45) is 4.11. The maximum atomic E-state index is 11.9. The van der Waals surface area contributed by atoms with Crippen LogP contribution in [0.1, 0.15) is 47.2 Å². The van der Waals surface area contributed by atoms with Crippen LogP contribution in [0, 0.1) is 20.8 Å². The lowest BCUT2D eigenvalue weighted by atomic mass is 10.1. The van der Waals surface area contributed by atoms with Crippen LogP contribution in [-0.4, -0.2) is 31.0 Å². The van der Waals surface area contributed by atoms with Crippen molar-refractivity contribution in [1.29, 1.82) is 0 Å². The molecule has 1 aliphatic rings. The van der Waals surface area contributed by atoms with Crippen molar-refractivity contribution in [1.82, 2.24) is 24.5 Å². The summed E-state index contributed by atoms with van der Waals surface area (Å²) in [6.45, 7) is 7.81. The largest absolute Gasteiger partial charge is 0.361 e. The molecule has 3 aromatic heterocycles. The van der Waals surface area contributed by atoms with E-state index in [0.717, 1.165) is 59.9 Å². The Labute approximate surface area is 146 Å². The monoisotopic (exact) mass is 337 g/mol. The molecule has 6 nitrogen and oxygen atoms in total. The zero-order valence-corrected chi connectivity index (χ0v) is 14.9. The molecule has 0 bridgehead atoms. The van der Waals surface area contributed by atoms with E-state index in [1.807, 2.05) is 30.6 Å². The van der Waals surface area contributed by atoms with Crippen LogP contribution in [0.15, 0.2) is 29.2 Å². The lowest BCUT2D eigenvalue weighted by Gasteiger charge is -2.24. The highest BCUT2D eigenvalue weighted by molar-refractivity contribution is 5.48. The normalized spacial score (nSPS) is 18.3. The molecule has 0 spiro atoms. The number of aryl methyl sites for hydroxylation is 3. The minimum Gasteiger partial charge on any atom is -0.361 e. The van der Waals surface area contributed by atoms with Crippen molar-refractivity contribution in [2.45, 2.75) is 46.2 Å². The van der Waals surface area contributed by atoms with Gasteiger partial charge in [-0.1, -0.05) is 0 Å². The van der Waals surface area contributed by atoms with Gasteiger partial charge in [0, 0.05) is 47.0 Å². The highest BCUT2D eigenvalue weighted by atomic mass is 16.1. The van der Waals surface area contributed by atoms with Crippen LogP contribution in [0.3, 0.4) is 0 Å². The first-order valence-corrected chi connectivity index (χ1v) is 8.77. The van der Waals surface area contributed by atoms with Gasteiger partial charge in [-0.15, -0.1) is 0 Å². The van der Waals surface area contributed by atoms with Gasteiger partial charge in [-0.3, -0.25) is 9.69 Å². The zero-order valence-electron chi connectivity index (χ0n) is 14.9. The molecule has 1 saturated heterocycles. The maximum Gasteiger partial charge on any atom is 0.182 e. The van der Waals surface area contributed by atoms with E-state index in [0.29, 0.717) is 0 Å². The van der Waals surface area contributed by atoms with Gasteiger partial charge in [-0.25, -0.2) is 9.50 Å². The highest BCUT2D eigenvalue weighted by Gasteiger charge is 2.28.